The van der Waals surface area contributed by atoms with Crippen molar-refractivity contribution < 1.29 is 4.39 Å². The number of hydrogen-bond donors (Lipinski definition) is 1. The van der Waals surface area contributed by atoms with E-state index < -0.39 is 0 Å². The van der Waals surface area contributed by atoms with E-state index in [0.717, 1.165) is 30.0 Å². The van der Waals surface area contributed by atoms with Gasteiger partial charge < -0.3 is 9.88 Å². The largest absolute Gasteiger partial charge is 0.329 e. The van der Waals surface area contributed by atoms with Gasteiger partial charge in [0.05, 0.1) is 6.54 Å². The highest BCUT2D eigenvalue weighted by Gasteiger charge is 2.06. The highest BCUT2D eigenvalue weighted by Crippen LogP contribution is 2.13. The second kappa shape index (κ2) is 6.66. The van der Waals surface area contributed by atoms with Crippen LogP contribution in [0.25, 0.3) is 0 Å². The third kappa shape index (κ3) is 3.90. The van der Waals surface area contributed by atoms with E-state index in [1.54, 1.807) is 12.3 Å². The summed E-state index contributed by atoms with van der Waals surface area (Å²) in [4.78, 5) is 4.37. The van der Waals surface area contributed by atoms with Gasteiger partial charge in [0.25, 0.3) is 0 Å². The molecule has 3 nitrogen and oxygen atoms in total. The van der Waals surface area contributed by atoms with Gasteiger partial charge in [-0.2, -0.15) is 0 Å². The predicted molar refractivity (Wildman–Crippen MR) is 79.0 cm³/mol. The fourth-order valence-corrected chi connectivity index (χ4v) is 2.12. The van der Waals surface area contributed by atoms with Crippen molar-refractivity contribution in [1.82, 2.24) is 14.9 Å². The molecule has 1 aromatic carbocycles. The molecule has 0 saturated carbocycles. The summed E-state index contributed by atoms with van der Waals surface area (Å²) in [5.74, 6) is 1.41. The molecule has 2 aromatic rings. The molecule has 0 aliphatic rings. The molecule has 20 heavy (non-hydrogen) atoms. The van der Waals surface area contributed by atoms with E-state index in [-0.39, 0.29) is 5.82 Å². The van der Waals surface area contributed by atoms with Crippen LogP contribution in [0.4, 0.5) is 4.39 Å². The molecule has 0 radical (unpaired) electrons. The van der Waals surface area contributed by atoms with Crippen molar-refractivity contribution in [3.8, 4) is 0 Å². The van der Waals surface area contributed by atoms with Gasteiger partial charge in [-0.05, 0) is 42.6 Å². The molecule has 0 aliphatic carbocycles. The van der Waals surface area contributed by atoms with E-state index in [1.165, 1.54) is 6.07 Å². The van der Waals surface area contributed by atoms with Crippen LogP contribution in [-0.4, -0.2) is 16.1 Å². The summed E-state index contributed by atoms with van der Waals surface area (Å²) in [6, 6.07) is 4.91. The number of imidazole rings is 1. The van der Waals surface area contributed by atoms with Gasteiger partial charge >= 0.3 is 0 Å². The molecule has 0 unspecified atom stereocenters. The number of nitrogens with zero attached hydrogens (tertiary/aromatic N) is 2. The first-order chi connectivity index (χ1) is 9.56. The summed E-state index contributed by atoms with van der Waals surface area (Å²) >= 11 is 0. The van der Waals surface area contributed by atoms with E-state index in [0.29, 0.717) is 12.5 Å². The predicted octanol–water partition coefficient (Wildman–Crippen LogP) is 3.12. The van der Waals surface area contributed by atoms with Crippen molar-refractivity contribution in [3.63, 3.8) is 0 Å². The average molecular weight is 275 g/mol. The molecule has 0 spiro atoms. The van der Waals surface area contributed by atoms with Crippen molar-refractivity contribution in [3.05, 3.63) is 53.4 Å². The second-order valence-corrected chi connectivity index (χ2v) is 5.57. The lowest BCUT2D eigenvalue weighted by Gasteiger charge is -2.12. The first-order valence-electron chi connectivity index (χ1n) is 7.02. The Morgan fingerprint density at radius 1 is 1.35 bits per heavy atom. The molecule has 4 heteroatoms. The first kappa shape index (κ1) is 14.7. The van der Waals surface area contributed by atoms with Crippen molar-refractivity contribution in [2.45, 2.75) is 33.9 Å². The van der Waals surface area contributed by atoms with Crippen LogP contribution in [-0.2, 0) is 13.1 Å². The van der Waals surface area contributed by atoms with E-state index in [1.807, 2.05) is 19.2 Å². The van der Waals surface area contributed by atoms with Gasteiger partial charge in [0.2, 0.25) is 0 Å². The maximum absolute atomic E-state index is 13.3. The minimum atomic E-state index is -0.190. The summed E-state index contributed by atoms with van der Waals surface area (Å²) in [6.45, 7) is 8.71. The van der Waals surface area contributed by atoms with E-state index in [2.05, 4.69) is 28.7 Å². The lowest BCUT2D eigenvalue weighted by atomic mass is 10.1. The van der Waals surface area contributed by atoms with Gasteiger partial charge in [-0.3, -0.25) is 0 Å². The van der Waals surface area contributed by atoms with Crippen molar-refractivity contribution >= 4 is 0 Å². The minimum Gasteiger partial charge on any atom is -0.329 e. The van der Waals surface area contributed by atoms with Crippen LogP contribution < -0.4 is 5.32 Å². The topological polar surface area (TPSA) is 29.9 Å². The number of rotatable bonds is 6. The Hall–Kier alpha value is -1.68. The Labute approximate surface area is 119 Å². The van der Waals surface area contributed by atoms with Crippen LogP contribution >= 0.6 is 0 Å². The van der Waals surface area contributed by atoms with Gasteiger partial charge in [-0.25, -0.2) is 9.37 Å². The lowest BCUT2D eigenvalue weighted by Crippen LogP contribution is -2.21. The Kier molecular flexibility index (Phi) is 4.90. The quantitative estimate of drug-likeness (QED) is 0.878. The van der Waals surface area contributed by atoms with Crippen molar-refractivity contribution in [1.29, 1.82) is 0 Å². The van der Waals surface area contributed by atoms with Gasteiger partial charge in [0.15, 0.2) is 0 Å². The number of aryl methyl sites for hydroxylation is 1. The van der Waals surface area contributed by atoms with Crippen LogP contribution in [0, 0.1) is 18.7 Å². The Morgan fingerprint density at radius 2 is 2.15 bits per heavy atom. The smallest absolute Gasteiger partial charge is 0.123 e. The molecule has 1 aromatic heterocycles. The highest BCUT2D eigenvalue weighted by atomic mass is 19.1. The normalized spacial score (nSPS) is 11.2. The fraction of sp³-hybridized carbons (Fsp3) is 0.438. The van der Waals surface area contributed by atoms with Gasteiger partial charge in [-0.15, -0.1) is 0 Å². The zero-order valence-electron chi connectivity index (χ0n) is 12.4. The zero-order valence-corrected chi connectivity index (χ0v) is 12.4. The molecule has 0 saturated heterocycles. The summed E-state index contributed by atoms with van der Waals surface area (Å²) < 4.78 is 15.4. The Bertz CT molecular complexity index is 561. The molecule has 0 atom stereocenters. The van der Waals surface area contributed by atoms with E-state index >= 15 is 0 Å². The molecule has 2 rings (SSSR count). The molecule has 0 amide bonds. The lowest BCUT2D eigenvalue weighted by molar-refractivity contribution is 0.532. The standard InChI is InChI=1S/C16H22FN3/c1-12(2)9-18-10-16-19-6-7-20(16)11-14-8-15(17)5-4-13(14)3/h4-8,12,18H,9-11H2,1-3H3. The number of halogens is 1. The van der Waals surface area contributed by atoms with Gasteiger partial charge in [0.1, 0.15) is 11.6 Å². The zero-order chi connectivity index (χ0) is 14.5. The van der Waals surface area contributed by atoms with E-state index in [9.17, 15) is 4.39 Å². The van der Waals surface area contributed by atoms with E-state index in [4.69, 9.17) is 0 Å². The van der Waals surface area contributed by atoms with Gasteiger partial charge in [0, 0.05) is 18.9 Å². The van der Waals surface area contributed by atoms with Crippen LogP contribution in [0.15, 0.2) is 30.6 Å². The molecular formula is C16H22FN3. The molecule has 0 aliphatic heterocycles. The first-order valence-corrected chi connectivity index (χ1v) is 7.02. The Morgan fingerprint density at radius 3 is 2.90 bits per heavy atom. The van der Waals surface area contributed by atoms with Gasteiger partial charge in [-0.1, -0.05) is 19.9 Å². The average Bonchev–Trinajstić information content (AvgIpc) is 2.81. The Balaban J connectivity index is 2.06. The van der Waals surface area contributed by atoms with Crippen molar-refractivity contribution in [2.75, 3.05) is 6.54 Å². The number of hydrogen-bond acceptors (Lipinski definition) is 2. The maximum Gasteiger partial charge on any atom is 0.123 e. The summed E-state index contributed by atoms with van der Waals surface area (Å²) in [7, 11) is 0. The number of nitrogens with one attached hydrogen (secondary N) is 1. The maximum atomic E-state index is 13.3. The molecule has 0 bridgehead atoms. The van der Waals surface area contributed by atoms with Crippen LogP contribution in [0.3, 0.4) is 0 Å². The molecule has 0 fully saturated rings. The molecule has 1 heterocycles. The fourth-order valence-electron chi connectivity index (χ4n) is 2.12. The second-order valence-electron chi connectivity index (χ2n) is 5.57. The summed E-state index contributed by atoms with van der Waals surface area (Å²) in [6.07, 6.45) is 3.73. The van der Waals surface area contributed by atoms with Crippen LogP contribution in [0.1, 0.15) is 30.8 Å². The number of aromatic nitrogens is 2. The SMILES string of the molecule is Cc1ccc(F)cc1Cn1ccnc1CNCC(C)C. The third-order valence-corrected chi connectivity index (χ3v) is 3.29. The van der Waals surface area contributed by atoms with Crippen LogP contribution in [0.2, 0.25) is 0 Å². The van der Waals surface area contributed by atoms with Crippen molar-refractivity contribution in [2.24, 2.45) is 5.92 Å². The monoisotopic (exact) mass is 275 g/mol. The highest BCUT2D eigenvalue weighted by molar-refractivity contribution is 5.27. The summed E-state index contributed by atoms with van der Waals surface area (Å²) in [5, 5.41) is 3.38. The molecular weight excluding hydrogens is 253 g/mol. The minimum absolute atomic E-state index is 0.190. The molecule has 1 N–H and O–H groups in total. The number of benzene rings is 1. The van der Waals surface area contributed by atoms with Crippen LogP contribution in [0.5, 0.6) is 0 Å². The third-order valence-electron chi connectivity index (χ3n) is 3.29. The summed E-state index contributed by atoms with van der Waals surface area (Å²) in [5.41, 5.74) is 2.09. The molecule has 108 valence electrons.